The van der Waals surface area contributed by atoms with Crippen LogP contribution in [0.25, 0.3) is 0 Å². The molecule has 3 atom stereocenters. The molecule has 0 unspecified atom stereocenters. The summed E-state index contributed by atoms with van der Waals surface area (Å²) in [6.07, 6.45) is 2.51. The summed E-state index contributed by atoms with van der Waals surface area (Å²) in [5.74, 6) is -0.173. The summed E-state index contributed by atoms with van der Waals surface area (Å²) in [4.78, 5) is 13.6. The Morgan fingerprint density at radius 3 is 1.94 bits per heavy atom. The van der Waals surface area contributed by atoms with E-state index in [1.54, 1.807) is 12.2 Å². The molecule has 3 nitrogen and oxygen atoms in total. The lowest BCUT2D eigenvalue weighted by Gasteiger charge is -2.57. The van der Waals surface area contributed by atoms with Crippen LogP contribution in [0.1, 0.15) is 54.9 Å². The fraction of sp³-hybridized carbons (Fsp3) is 0.444. The van der Waals surface area contributed by atoms with E-state index >= 15 is 0 Å². The first-order valence-corrected chi connectivity index (χ1v) is 14.2. The standard InChI is InChI=1S/C27H32O3Si/c1-26(2,3)31(4,5)30-16-21-24-17-10-6-8-12-19(17)25(20-13-9-7-11-18(20)24)27(21)22(28)14-15-23(27)29/h6-15,21-22,24-25,28H,16H2,1-5H3/t21-,22-,24?,25?,27+/m0/s1. The van der Waals surface area contributed by atoms with Crippen molar-refractivity contribution in [2.24, 2.45) is 11.3 Å². The van der Waals surface area contributed by atoms with E-state index in [1.165, 1.54) is 22.3 Å². The maximum atomic E-state index is 13.6. The highest BCUT2D eigenvalue weighted by molar-refractivity contribution is 6.74. The van der Waals surface area contributed by atoms with Crippen LogP contribution in [0, 0.1) is 11.3 Å². The summed E-state index contributed by atoms with van der Waals surface area (Å²) < 4.78 is 6.75. The highest BCUT2D eigenvalue weighted by Crippen LogP contribution is 2.67. The quantitative estimate of drug-likeness (QED) is 0.661. The minimum Gasteiger partial charge on any atom is -0.416 e. The highest BCUT2D eigenvalue weighted by Gasteiger charge is 2.66. The average molecular weight is 433 g/mol. The van der Waals surface area contributed by atoms with Gasteiger partial charge in [-0.25, -0.2) is 0 Å². The van der Waals surface area contributed by atoms with Crippen LogP contribution in [0.5, 0.6) is 0 Å². The minimum absolute atomic E-state index is 0.0423. The summed E-state index contributed by atoms with van der Waals surface area (Å²) in [6, 6.07) is 17.0. The third-order valence-electron chi connectivity index (χ3n) is 8.55. The first-order valence-electron chi connectivity index (χ1n) is 11.3. The van der Waals surface area contributed by atoms with Crippen LogP contribution in [0.3, 0.4) is 0 Å². The Labute approximate surface area is 186 Å². The number of allylic oxidation sites excluding steroid dienone is 1. The van der Waals surface area contributed by atoms with Gasteiger partial charge in [0.05, 0.1) is 11.5 Å². The number of carbonyl (C=O) groups excluding carboxylic acids is 1. The van der Waals surface area contributed by atoms with Gasteiger partial charge < -0.3 is 9.53 Å². The molecule has 162 valence electrons. The van der Waals surface area contributed by atoms with E-state index in [1.807, 2.05) is 0 Å². The van der Waals surface area contributed by atoms with E-state index in [-0.39, 0.29) is 28.6 Å². The van der Waals surface area contributed by atoms with Crippen LogP contribution < -0.4 is 0 Å². The summed E-state index contributed by atoms with van der Waals surface area (Å²) in [6.45, 7) is 11.7. The molecule has 0 radical (unpaired) electrons. The second kappa shape index (κ2) is 6.74. The van der Waals surface area contributed by atoms with Gasteiger partial charge in [0.25, 0.3) is 0 Å². The summed E-state index contributed by atoms with van der Waals surface area (Å²) >= 11 is 0. The Balaban J connectivity index is 1.71. The van der Waals surface area contributed by atoms with Crippen LogP contribution in [-0.2, 0) is 9.22 Å². The van der Waals surface area contributed by atoms with Crippen molar-refractivity contribution in [3.8, 4) is 0 Å². The molecule has 31 heavy (non-hydrogen) atoms. The van der Waals surface area contributed by atoms with Gasteiger partial charge >= 0.3 is 0 Å². The van der Waals surface area contributed by atoms with Gasteiger partial charge in [-0.1, -0.05) is 75.4 Å². The molecule has 1 spiro atoms. The Morgan fingerprint density at radius 1 is 0.968 bits per heavy atom. The maximum absolute atomic E-state index is 13.6. The number of aliphatic hydroxyl groups excluding tert-OH is 1. The average Bonchev–Trinajstić information content (AvgIpc) is 3.01. The minimum atomic E-state index is -2.02. The second-order valence-electron chi connectivity index (χ2n) is 10.9. The van der Waals surface area contributed by atoms with Crippen molar-refractivity contribution in [2.75, 3.05) is 6.61 Å². The molecular weight excluding hydrogens is 400 g/mol. The molecule has 1 N–H and O–H groups in total. The van der Waals surface area contributed by atoms with Gasteiger partial charge in [0.15, 0.2) is 14.1 Å². The van der Waals surface area contributed by atoms with E-state index < -0.39 is 19.8 Å². The lowest BCUT2D eigenvalue weighted by molar-refractivity contribution is -0.137. The molecule has 4 heteroatoms. The van der Waals surface area contributed by atoms with E-state index in [2.05, 4.69) is 82.4 Å². The zero-order chi connectivity index (χ0) is 22.2. The van der Waals surface area contributed by atoms with E-state index in [0.29, 0.717) is 6.61 Å². The van der Waals surface area contributed by atoms with Crippen LogP contribution in [-0.4, -0.2) is 31.9 Å². The first-order chi connectivity index (χ1) is 14.6. The molecule has 0 aromatic heterocycles. The molecule has 0 fully saturated rings. The van der Waals surface area contributed by atoms with Gasteiger partial charge in [0.1, 0.15) is 0 Å². The van der Waals surface area contributed by atoms with Gasteiger partial charge in [-0.3, -0.25) is 4.79 Å². The van der Waals surface area contributed by atoms with Gasteiger partial charge in [-0.05, 0) is 46.5 Å². The molecular formula is C27H32O3Si. The molecule has 0 saturated carbocycles. The largest absolute Gasteiger partial charge is 0.416 e. The third kappa shape index (κ3) is 2.68. The number of hydrogen-bond donors (Lipinski definition) is 1. The second-order valence-corrected chi connectivity index (χ2v) is 15.8. The Morgan fingerprint density at radius 2 is 1.48 bits per heavy atom. The fourth-order valence-corrected chi connectivity index (χ4v) is 7.01. The number of carbonyl (C=O) groups is 1. The van der Waals surface area contributed by atoms with Crippen molar-refractivity contribution in [1.82, 2.24) is 0 Å². The van der Waals surface area contributed by atoms with E-state index in [4.69, 9.17) is 4.43 Å². The monoisotopic (exact) mass is 432 g/mol. The molecule has 2 bridgehead atoms. The van der Waals surface area contributed by atoms with Crippen molar-refractivity contribution in [3.63, 3.8) is 0 Å². The van der Waals surface area contributed by atoms with Crippen molar-refractivity contribution in [2.45, 2.75) is 56.8 Å². The van der Waals surface area contributed by atoms with Crippen LogP contribution >= 0.6 is 0 Å². The zero-order valence-corrected chi connectivity index (χ0v) is 20.1. The van der Waals surface area contributed by atoms with Crippen molar-refractivity contribution >= 4 is 14.1 Å². The number of benzene rings is 2. The van der Waals surface area contributed by atoms with Crippen molar-refractivity contribution < 1.29 is 14.3 Å². The number of rotatable bonds is 3. The smallest absolute Gasteiger partial charge is 0.191 e. The number of aliphatic hydroxyl groups is 1. The number of ketones is 1. The highest BCUT2D eigenvalue weighted by atomic mass is 28.4. The van der Waals surface area contributed by atoms with Crippen LogP contribution in [0.15, 0.2) is 60.7 Å². The Hall–Kier alpha value is -2.01. The molecule has 4 aliphatic rings. The van der Waals surface area contributed by atoms with Gasteiger partial charge in [-0.15, -0.1) is 0 Å². The lowest BCUT2D eigenvalue weighted by atomic mass is 9.45. The van der Waals surface area contributed by atoms with Gasteiger partial charge in [-0.2, -0.15) is 0 Å². The van der Waals surface area contributed by atoms with Crippen LogP contribution in [0.4, 0.5) is 0 Å². The normalized spacial score (nSPS) is 31.2. The summed E-state index contributed by atoms with van der Waals surface area (Å²) in [5, 5.41) is 11.4. The van der Waals surface area contributed by atoms with Crippen molar-refractivity contribution in [1.29, 1.82) is 0 Å². The molecule has 0 amide bonds. The molecule has 2 aromatic carbocycles. The third-order valence-corrected chi connectivity index (χ3v) is 13.1. The summed E-state index contributed by atoms with van der Waals surface area (Å²) in [5.41, 5.74) is 4.05. The lowest BCUT2D eigenvalue weighted by Crippen LogP contribution is -2.59. The van der Waals surface area contributed by atoms with Gasteiger partial charge in [0.2, 0.25) is 0 Å². The van der Waals surface area contributed by atoms with E-state index in [0.717, 1.165) is 0 Å². The first kappa shape index (κ1) is 20.9. The predicted octanol–water partition coefficient (Wildman–Crippen LogP) is 5.40. The zero-order valence-electron chi connectivity index (χ0n) is 19.1. The Kier molecular flexibility index (Phi) is 4.54. The molecule has 0 saturated heterocycles. The number of hydrogen-bond acceptors (Lipinski definition) is 3. The molecule has 4 aliphatic carbocycles. The topological polar surface area (TPSA) is 46.5 Å². The predicted molar refractivity (Wildman–Crippen MR) is 126 cm³/mol. The Bertz CT molecular complexity index is 1030. The summed E-state index contributed by atoms with van der Waals surface area (Å²) in [7, 11) is -2.02. The molecule has 0 heterocycles. The SMILES string of the molecule is CC(C)(C)[Si](C)(C)OC[C@H]1C2c3ccccc3C(c3ccccc32)[C@]12C(=O)C=C[C@@H]2O. The fourth-order valence-electron chi connectivity index (χ4n) is 5.98. The van der Waals surface area contributed by atoms with Crippen LogP contribution in [0.2, 0.25) is 18.1 Å². The molecule has 0 aliphatic heterocycles. The van der Waals surface area contributed by atoms with Gasteiger partial charge in [0, 0.05) is 24.4 Å². The van der Waals surface area contributed by atoms with Crippen molar-refractivity contribution in [3.05, 3.63) is 82.9 Å². The van der Waals surface area contributed by atoms with E-state index in [9.17, 15) is 9.90 Å². The molecule has 2 aromatic rings. The maximum Gasteiger partial charge on any atom is 0.191 e. The molecule has 6 rings (SSSR count).